The van der Waals surface area contributed by atoms with Crippen molar-refractivity contribution in [3.05, 3.63) is 27.7 Å². The summed E-state index contributed by atoms with van der Waals surface area (Å²) in [4.78, 5) is 0. The Labute approximate surface area is 130 Å². The number of benzene rings is 1. The molecule has 0 aliphatic rings. The van der Waals surface area contributed by atoms with Crippen molar-refractivity contribution < 1.29 is 4.74 Å². The minimum Gasteiger partial charge on any atom is -0.494 e. The molecule has 0 saturated carbocycles. The number of halogens is 1. The molecule has 3 nitrogen and oxygen atoms in total. The third-order valence-corrected chi connectivity index (χ3v) is 4.85. The lowest BCUT2D eigenvalue weighted by Gasteiger charge is -2.22. The fraction of sp³-hybridized carbons (Fsp3) is 0.562. The second-order valence-electron chi connectivity index (χ2n) is 5.97. The Morgan fingerprint density at radius 1 is 1.25 bits per heavy atom. The van der Waals surface area contributed by atoms with Gasteiger partial charge < -0.3 is 10.5 Å². The Bertz CT molecular complexity index is 460. The summed E-state index contributed by atoms with van der Waals surface area (Å²) in [6.07, 6.45) is 2.91. The van der Waals surface area contributed by atoms with Gasteiger partial charge in [0.05, 0.1) is 12.4 Å². The van der Waals surface area contributed by atoms with Crippen molar-refractivity contribution in [2.45, 2.75) is 47.0 Å². The molecule has 0 amide bonds. The van der Waals surface area contributed by atoms with Gasteiger partial charge in [-0.15, -0.1) is 0 Å². The molecule has 0 atom stereocenters. The Morgan fingerprint density at radius 3 is 2.30 bits per heavy atom. The number of unbranched alkanes of at least 4 members (excludes halogenated alkanes) is 1. The van der Waals surface area contributed by atoms with Crippen molar-refractivity contribution in [2.24, 2.45) is 11.1 Å². The Morgan fingerprint density at radius 2 is 1.80 bits per heavy atom. The van der Waals surface area contributed by atoms with Crippen LogP contribution in [0.3, 0.4) is 0 Å². The van der Waals surface area contributed by atoms with Gasteiger partial charge in [-0.05, 0) is 56.4 Å². The molecule has 0 aliphatic heterocycles. The maximum absolute atomic E-state index is 7.52. The molecule has 3 N–H and O–H groups in total. The van der Waals surface area contributed by atoms with Crippen LogP contribution in [0.15, 0.2) is 16.6 Å². The fourth-order valence-electron chi connectivity index (χ4n) is 1.98. The molecule has 1 aromatic rings. The summed E-state index contributed by atoms with van der Waals surface area (Å²) in [7, 11) is 0. The van der Waals surface area contributed by atoms with Crippen LogP contribution in [0.4, 0.5) is 0 Å². The SMILES string of the molecule is Cc1cc(OCCCCC(C)(C)C(=N)N)cc(C)c1Br. The molecule has 0 radical (unpaired) electrons. The molecule has 0 bridgehead atoms. The van der Waals surface area contributed by atoms with E-state index < -0.39 is 0 Å². The summed E-state index contributed by atoms with van der Waals surface area (Å²) >= 11 is 3.55. The number of hydrogen-bond acceptors (Lipinski definition) is 2. The van der Waals surface area contributed by atoms with Gasteiger partial charge in [0.25, 0.3) is 0 Å². The molecule has 0 saturated heterocycles. The molecule has 0 unspecified atom stereocenters. The first kappa shape index (κ1) is 17.0. The molecule has 1 rings (SSSR count). The molecular formula is C16H25BrN2O. The van der Waals surface area contributed by atoms with E-state index >= 15 is 0 Å². The van der Waals surface area contributed by atoms with Crippen LogP contribution >= 0.6 is 15.9 Å². The predicted octanol–water partition coefficient (Wildman–Crippen LogP) is 4.58. The summed E-state index contributed by atoms with van der Waals surface area (Å²) in [5.74, 6) is 1.19. The predicted molar refractivity (Wildman–Crippen MR) is 88.7 cm³/mol. The molecule has 0 aromatic heterocycles. The molecule has 112 valence electrons. The van der Waals surface area contributed by atoms with Gasteiger partial charge in [0.2, 0.25) is 0 Å². The zero-order valence-electron chi connectivity index (χ0n) is 12.8. The monoisotopic (exact) mass is 340 g/mol. The molecular weight excluding hydrogens is 316 g/mol. The molecule has 0 heterocycles. The second kappa shape index (κ2) is 7.11. The average molecular weight is 341 g/mol. The zero-order chi connectivity index (χ0) is 15.3. The maximum atomic E-state index is 7.52. The first-order valence-corrected chi connectivity index (χ1v) is 7.77. The third-order valence-electron chi connectivity index (χ3n) is 3.60. The van der Waals surface area contributed by atoms with E-state index in [1.165, 1.54) is 11.1 Å². The Hall–Kier alpha value is -1.03. The topological polar surface area (TPSA) is 59.1 Å². The maximum Gasteiger partial charge on any atom is 0.119 e. The summed E-state index contributed by atoms with van der Waals surface area (Å²) < 4.78 is 6.94. The van der Waals surface area contributed by atoms with E-state index in [4.69, 9.17) is 15.9 Å². The quantitative estimate of drug-likeness (QED) is 0.433. The van der Waals surface area contributed by atoms with E-state index in [1.807, 2.05) is 13.8 Å². The highest BCUT2D eigenvalue weighted by Gasteiger charge is 2.20. The lowest BCUT2D eigenvalue weighted by molar-refractivity contribution is 0.296. The van der Waals surface area contributed by atoms with Crippen molar-refractivity contribution in [2.75, 3.05) is 6.61 Å². The number of rotatable bonds is 7. The first-order chi connectivity index (χ1) is 9.24. The minimum absolute atomic E-state index is 0.204. The minimum atomic E-state index is -0.204. The van der Waals surface area contributed by atoms with Gasteiger partial charge in [0, 0.05) is 9.89 Å². The van der Waals surface area contributed by atoms with Gasteiger partial charge >= 0.3 is 0 Å². The van der Waals surface area contributed by atoms with Gasteiger partial charge in [-0.3, -0.25) is 5.41 Å². The molecule has 20 heavy (non-hydrogen) atoms. The number of aryl methyl sites for hydroxylation is 2. The number of hydrogen-bond donors (Lipinski definition) is 2. The molecule has 0 fully saturated rings. The van der Waals surface area contributed by atoms with Gasteiger partial charge in [-0.1, -0.05) is 29.8 Å². The normalized spacial score (nSPS) is 11.4. The van der Waals surface area contributed by atoms with E-state index in [0.29, 0.717) is 6.61 Å². The van der Waals surface area contributed by atoms with Crippen LogP contribution in [0.25, 0.3) is 0 Å². The van der Waals surface area contributed by atoms with Crippen LogP contribution in [0, 0.1) is 24.7 Å². The van der Waals surface area contributed by atoms with E-state index in [2.05, 4.69) is 41.9 Å². The summed E-state index contributed by atoms with van der Waals surface area (Å²) in [5.41, 5.74) is 7.75. The smallest absolute Gasteiger partial charge is 0.119 e. The van der Waals surface area contributed by atoms with Crippen LogP contribution in [-0.4, -0.2) is 12.4 Å². The van der Waals surface area contributed by atoms with Gasteiger partial charge in [0.1, 0.15) is 5.75 Å². The van der Waals surface area contributed by atoms with Gasteiger partial charge in [-0.2, -0.15) is 0 Å². The average Bonchev–Trinajstić information content (AvgIpc) is 2.35. The standard InChI is InChI=1S/C16H25BrN2O/c1-11-9-13(10-12(2)14(11)17)20-8-6-5-7-16(3,4)15(18)19/h9-10H,5-8H2,1-4H3,(H3,18,19). The van der Waals surface area contributed by atoms with E-state index in [9.17, 15) is 0 Å². The summed E-state index contributed by atoms with van der Waals surface area (Å²) in [6.45, 7) is 8.86. The molecule has 4 heteroatoms. The van der Waals surface area contributed by atoms with Crippen molar-refractivity contribution in [1.29, 1.82) is 5.41 Å². The van der Waals surface area contributed by atoms with Crippen LogP contribution in [0.1, 0.15) is 44.2 Å². The Kier molecular flexibility index (Phi) is 6.06. The van der Waals surface area contributed by atoms with Crippen molar-refractivity contribution >= 4 is 21.8 Å². The van der Waals surface area contributed by atoms with E-state index in [-0.39, 0.29) is 11.3 Å². The van der Waals surface area contributed by atoms with E-state index in [1.54, 1.807) is 0 Å². The number of amidine groups is 1. The van der Waals surface area contributed by atoms with Crippen LogP contribution in [0.2, 0.25) is 0 Å². The van der Waals surface area contributed by atoms with Crippen molar-refractivity contribution in [3.63, 3.8) is 0 Å². The molecule has 0 spiro atoms. The second-order valence-corrected chi connectivity index (χ2v) is 6.77. The van der Waals surface area contributed by atoms with E-state index in [0.717, 1.165) is 29.5 Å². The first-order valence-electron chi connectivity index (χ1n) is 6.98. The summed E-state index contributed by atoms with van der Waals surface area (Å²) in [6, 6.07) is 4.10. The lowest BCUT2D eigenvalue weighted by Crippen LogP contribution is -2.30. The molecule has 0 aliphatic carbocycles. The number of ether oxygens (including phenoxy) is 1. The van der Waals surface area contributed by atoms with Crippen LogP contribution in [0.5, 0.6) is 5.75 Å². The molecule has 1 aromatic carbocycles. The van der Waals surface area contributed by atoms with Crippen molar-refractivity contribution in [1.82, 2.24) is 0 Å². The lowest BCUT2D eigenvalue weighted by atomic mass is 9.86. The summed E-state index contributed by atoms with van der Waals surface area (Å²) in [5, 5.41) is 7.52. The highest BCUT2D eigenvalue weighted by atomic mass is 79.9. The highest BCUT2D eigenvalue weighted by molar-refractivity contribution is 9.10. The van der Waals surface area contributed by atoms with Gasteiger partial charge in [-0.25, -0.2) is 0 Å². The zero-order valence-corrected chi connectivity index (χ0v) is 14.4. The van der Waals surface area contributed by atoms with Crippen molar-refractivity contribution in [3.8, 4) is 5.75 Å². The number of nitrogens with one attached hydrogen (secondary N) is 1. The largest absolute Gasteiger partial charge is 0.494 e. The number of nitrogens with two attached hydrogens (primary N) is 1. The third kappa shape index (κ3) is 4.82. The fourth-order valence-corrected chi connectivity index (χ4v) is 2.21. The van der Waals surface area contributed by atoms with Crippen LogP contribution < -0.4 is 10.5 Å². The highest BCUT2D eigenvalue weighted by Crippen LogP contribution is 2.27. The van der Waals surface area contributed by atoms with Crippen LogP contribution in [-0.2, 0) is 0 Å². The Balaban J connectivity index is 2.37. The van der Waals surface area contributed by atoms with Gasteiger partial charge in [0.15, 0.2) is 0 Å².